The third-order valence-electron chi connectivity index (χ3n) is 3.52. The Balaban J connectivity index is 2.01. The Morgan fingerprint density at radius 2 is 1.95 bits per heavy atom. The van der Waals surface area contributed by atoms with Crippen molar-refractivity contribution in [1.82, 2.24) is 0 Å². The predicted molar refractivity (Wildman–Crippen MR) is 73.4 cm³/mol. The molecule has 2 amide bonds. The lowest BCUT2D eigenvalue weighted by Crippen LogP contribution is -2.49. The van der Waals surface area contributed by atoms with E-state index in [0.29, 0.717) is 12.1 Å². The van der Waals surface area contributed by atoms with Gasteiger partial charge in [0.25, 0.3) is 0 Å². The zero-order valence-corrected chi connectivity index (χ0v) is 10.8. The molecule has 0 aromatic heterocycles. The summed E-state index contributed by atoms with van der Waals surface area (Å²) in [6.45, 7) is 0. The molecule has 1 aliphatic carbocycles. The zero-order valence-electron chi connectivity index (χ0n) is 10.8. The molecule has 102 valence electrons. The number of nitrogens with one attached hydrogen (secondary N) is 1. The van der Waals surface area contributed by atoms with Gasteiger partial charge in [-0.1, -0.05) is 18.2 Å². The molecule has 0 heterocycles. The van der Waals surface area contributed by atoms with E-state index < -0.39 is 5.91 Å². The van der Waals surface area contributed by atoms with Crippen LogP contribution in [0.1, 0.15) is 31.2 Å². The standard InChI is InChI=1S/C14H19N3O2/c15-12(18)8-10-4-1-2-5-11(10)17-13(19)9-14(16)6-3-7-14/h1-2,4-5H,3,6-9,16H2,(H2,15,18)(H,17,19). The van der Waals surface area contributed by atoms with Gasteiger partial charge < -0.3 is 16.8 Å². The average molecular weight is 261 g/mol. The first kappa shape index (κ1) is 13.5. The molecule has 1 aliphatic rings. The van der Waals surface area contributed by atoms with Crippen LogP contribution in [0.2, 0.25) is 0 Å². The molecule has 1 saturated carbocycles. The lowest BCUT2D eigenvalue weighted by atomic mass is 9.75. The van der Waals surface area contributed by atoms with Crippen molar-refractivity contribution in [3.05, 3.63) is 29.8 Å². The number of hydrogen-bond donors (Lipinski definition) is 3. The zero-order chi connectivity index (χ0) is 13.9. The summed E-state index contributed by atoms with van der Waals surface area (Å²) in [7, 11) is 0. The highest BCUT2D eigenvalue weighted by molar-refractivity contribution is 5.93. The van der Waals surface area contributed by atoms with Crippen molar-refractivity contribution in [3.63, 3.8) is 0 Å². The highest BCUT2D eigenvalue weighted by Crippen LogP contribution is 2.32. The molecule has 5 N–H and O–H groups in total. The Morgan fingerprint density at radius 1 is 1.26 bits per heavy atom. The summed E-state index contributed by atoms with van der Waals surface area (Å²) in [6, 6.07) is 7.16. The summed E-state index contributed by atoms with van der Waals surface area (Å²) in [4.78, 5) is 22.9. The number of benzene rings is 1. The molecule has 1 fully saturated rings. The van der Waals surface area contributed by atoms with Gasteiger partial charge in [-0.3, -0.25) is 9.59 Å². The van der Waals surface area contributed by atoms with Crippen LogP contribution in [0.5, 0.6) is 0 Å². The second-order valence-corrected chi connectivity index (χ2v) is 5.24. The molecular formula is C14H19N3O2. The number of carbonyl (C=O) groups excluding carboxylic acids is 2. The van der Waals surface area contributed by atoms with Crippen molar-refractivity contribution < 1.29 is 9.59 Å². The number of anilines is 1. The first-order valence-corrected chi connectivity index (χ1v) is 6.43. The Hall–Kier alpha value is -1.88. The Morgan fingerprint density at radius 3 is 2.53 bits per heavy atom. The second-order valence-electron chi connectivity index (χ2n) is 5.24. The van der Waals surface area contributed by atoms with Crippen LogP contribution in [0.25, 0.3) is 0 Å². The summed E-state index contributed by atoms with van der Waals surface area (Å²) in [5.74, 6) is -0.532. The summed E-state index contributed by atoms with van der Waals surface area (Å²) < 4.78 is 0. The largest absolute Gasteiger partial charge is 0.369 e. The molecule has 0 atom stereocenters. The fourth-order valence-corrected chi connectivity index (χ4v) is 2.31. The molecule has 5 heteroatoms. The molecule has 2 rings (SSSR count). The highest BCUT2D eigenvalue weighted by Gasteiger charge is 2.34. The van der Waals surface area contributed by atoms with Crippen LogP contribution < -0.4 is 16.8 Å². The van der Waals surface area contributed by atoms with E-state index in [2.05, 4.69) is 5.32 Å². The first-order chi connectivity index (χ1) is 8.98. The lowest BCUT2D eigenvalue weighted by Gasteiger charge is -2.37. The van der Waals surface area contributed by atoms with E-state index in [1.165, 1.54) is 0 Å². The van der Waals surface area contributed by atoms with Crippen LogP contribution in [-0.4, -0.2) is 17.4 Å². The van der Waals surface area contributed by atoms with E-state index >= 15 is 0 Å². The molecule has 5 nitrogen and oxygen atoms in total. The minimum Gasteiger partial charge on any atom is -0.369 e. The van der Waals surface area contributed by atoms with Gasteiger partial charge in [-0.05, 0) is 30.9 Å². The summed E-state index contributed by atoms with van der Waals surface area (Å²) in [6.07, 6.45) is 3.30. The van der Waals surface area contributed by atoms with E-state index in [9.17, 15) is 9.59 Å². The molecule has 0 unspecified atom stereocenters. The van der Waals surface area contributed by atoms with Gasteiger partial charge in [-0.2, -0.15) is 0 Å². The summed E-state index contributed by atoms with van der Waals surface area (Å²) in [5, 5.41) is 2.81. The third-order valence-corrected chi connectivity index (χ3v) is 3.52. The average Bonchev–Trinajstić information content (AvgIpc) is 2.29. The second kappa shape index (κ2) is 5.40. The number of nitrogens with two attached hydrogens (primary N) is 2. The number of hydrogen-bond acceptors (Lipinski definition) is 3. The molecule has 19 heavy (non-hydrogen) atoms. The van der Waals surface area contributed by atoms with Crippen LogP contribution in [0.4, 0.5) is 5.69 Å². The van der Waals surface area contributed by atoms with Crippen molar-refractivity contribution in [1.29, 1.82) is 0 Å². The minimum absolute atomic E-state index is 0.112. The smallest absolute Gasteiger partial charge is 0.226 e. The van der Waals surface area contributed by atoms with Crippen molar-refractivity contribution in [3.8, 4) is 0 Å². The van der Waals surface area contributed by atoms with Gasteiger partial charge in [0.15, 0.2) is 0 Å². The Labute approximate surface area is 112 Å². The molecule has 0 radical (unpaired) electrons. The predicted octanol–water partition coefficient (Wildman–Crippen LogP) is 0.924. The Bertz CT molecular complexity index is 495. The fourth-order valence-electron chi connectivity index (χ4n) is 2.31. The van der Waals surface area contributed by atoms with Crippen molar-refractivity contribution in [2.45, 2.75) is 37.6 Å². The molecule has 0 spiro atoms. The minimum atomic E-state index is -0.420. The van der Waals surface area contributed by atoms with Gasteiger partial charge in [-0.25, -0.2) is 0 Å². The summed E-state index contributed by atoms with van der Waals surface area (Å²) in [5.41, 5.74) is 12.2. The Kier molecular flexibility index (Phi) is 3.85. The van der Waals surface area contributed by atoms with E-state index in [1.54, 1.807) is 12.1 Å². The van der Waals surface area contributed by atoms with Gasteiger partial charge in [0.2, 0.25) is 11.8 Å². The molecule has 0 saturated heterocycles. The number of rotatable bonds is 5. The number of para-hydroxylation sites is 1. The normalized spacial score (nSPS) is 16.5. The van der Waals surface area contributed by atoms with Gasteiger partial charge in [0.1, 0.15) is 0 Å². The van der Waals surface area contributed by atoms with Crippen molar-refractivity contribution in [2.24, 2.45) is 11.5 Å². The van der Waals surface area contributed by atoms with Gasteiger partial charge in [-0.15, -0.1) is 0 Å². The van der Waals surface area contributed by atoms with Gasteiger partial charge in [0.05, 0.1) is 6.42 Å². The topological polar surface area (TPSA) is 98.2 Å². The number of carbonyl (C=O) groups is 2. The molecule has 1 aromatic rings. The van der Waals surface area contributed by atoms with E-state index in [4.69, 9.17) is 11.5 Å². The van der Waals surface area contributed by atoms with E-state index in [-0.39, 0.29) is 17.9 Å². The number of primary amides is 1. The fraction of sp³-hybridized carbons (Fsp3) is 0.429. The lowest BCUT2D eigenvalue weighted by molar-refractivity contribution is -0.118. The van der Waals surface area contributed by atoms with E-state index in [1.807, 2.05) is 12.1 Å². The van der Waals surface area contributed by atoms with E-state index in [0.717, 1.165) is 24.8 Å². The maximum atomic E-state index is 12.0. The molecule has 1 aromatic carbocycles. The number of amides is 2. The molecular weight excluding hydrogens is 242 g/mol. The molecule has 0 bridgehead atoms. The highest BCUT2D eigenvalue weighted by atomic mass is 16.2. The third kappa shape index (κ3) is 3.54. The SMILES string of the molecule is NC(=O)Cc1ccccc1NC(=O)CC1(N)CCC1. The summed E-state index contributed by atoms with van der Waals surface area (Å²) >= 11 is 0. The van der Waals surface area contributed by atoms with Crippen molar-refractivity contribution in [2.75, 3.05) is 5.32 Å². The van der Waals surface area contributed by atoms with Crippen molar-refractivity contribution >= 4 is 17.5 Å². The first-order valence-electron chi connectivity index (χ1n) is 6.43. The van der Waals surface area contributed by atoms with Crippen LogP contribution in [-0.2, 0) is 16.0 Å². The van der Waals surface area contributed by atoms with Gasteiger partial charge >= 0.3 is 0 Å². The van der Waals surface area contributed by atoms with Gasteiger partial charge in [0, 0.05) is 17.6 Å². The monoisotopic (exact) mass is 261 g/mol. The van der Waals surface area contributed by atoms with Crippen LogP contribution in [0.15, 0.2) is 24.3 Å². The maximum absolute atomic E-state index is 12.0. The quantitative estimate of drug-likeness (QED) is 0.735. The maximum Gasteiger partial charge on any atom is 0.226 e. The molecule has 0 aliphatic heterocycles. The van der Waals surface area contributed by atoms with Crippen LogP contribution >= 0.6 is 0 Å². The van der Waals surface area contributed by atoms with Crippen LogP contribution in [0.3, 0.4) is 0 Å². The van der Waals surface area contributed by atoms with Crippen LogP contribution in [0, 0.1) is 0 Å².